The van der Waals surface area contributed by atoms with Crippen molar-refractivity contribution in [3.8, 4) is 0 Å². The Morgan fingerprint density at radius 1 is 0.941 bits per heavy atom. The van der Waals surface area contributed by atoms with Crippen LogP contribution in [0.1, 0.15) is 84.0 Å². The molecule has 1 spiro atoms. The summed E-state index contributed by atoms with van der Waals surface area (Å²) in [6.07, 6.45) is 17.6. The van der Waals surface area contributed by atoms with Crippen molar-refractivity contribution in [3.05, 3.63) is 0 Å². The second-order valence-corrected chi connectivity index (χ2v) is 6.50. The van der Waals surface area contributed by atoms with E-state index < -0.39 is 0 Å². The SMILES string of the molecule is CCCCCCNC1CCC2(CCCC2)CC1. The van der Waals surface area contributed by atoms with Crippen LogP contribution in [0.2, 0.25) is 0 Å². The Kier molecular flexibility index (Phi) is 5.34. The van der Waals surface area contributed by atoms with E-state index in [-0.39, 0.29) is 0 Å². The molecule has 100 valence electrons. The first-order valence-electron chi connectivity index (χ1n) is 8.08. The number of unbranched alkanes of at least 4 members (excludes halogenated alkanes) is 3. The minimum atomic E-state index is 0.806. The van der Waals surface area contributed by atoms with Gasteiger partial charge in [0.05, 0.1) is 0 Å². The molecule has 0 radical (unpaired) electrons. The van der Waals surface area contributed by atoms with E-state index in [2.05, 4.69) is 12.2 Å². The summed E-state index contributed by atoms with van der Waals surface area (Å²) in [5.41, 5.74) is 0.806. The largest absolute Gasteiger partial charge is 0.314 e. The van der Waals surface area contributed by atoms with Crippen LogP contribution in [0.25, 0.3) is 0 Å². The molecule has 2 aliphatic rings. The lowest BCUT2D eigenvalue weighted by molar-refractivity contribution is 0.168. The van der Waals surface area contributed by atoms with E-state index in [9.17, 15) is 0 Å². The van der Waals surface area contributed by atoms with Gasteiger partial charge in [0, 0.05) is 6.04 Å². The van der Waals surface area contributed by atoms with Crippen LogP contribution in [0.4, 0.5) is 0 Å². The molecule has 1 N–H and O–H groups in total. The molecule has 1 nitrogen and oxygen atoms in total. The van der Waals surface area contributed by atoms with Crippen LogP contribution in [-0.4, -0.2) is 12.6 Å². The summed E-state index contributed by atoms with van der Waals surface area (Å²) in [6.45, 7) is 3.55. The Morgan fingerprint density at radius 3 is 2.29 bits per heavy atom. The zero-order valence-corrected chi connectivity index (χ0v) is 11.8. The zero-order chi connectivity index (χ0) is 12.0. The summed E-state index contributed by atoms with van der Waals surface area (Å²) in [5.74, 6) is 0. The van der Waals surface area contributed by atoms with Crippen LogP contribution in [0.5, 0.6) is 0 Å². The fraction of sp³-hybridized carbons (Fsp3) is 1.00. The molecule has 0 unspecified atom stereocenters. The minimum Gasteiger partial charge on any atom is -0.314 e. The van der Waals surface area contributed by atoms with Crippen LogP contribution in [0.3, 0.4) is 0 Å². The molecule has 0 aromatic heterocycles. The molecule has 2 fully saturated rings. The van der Waals surface area contributed by atoms with E-state index in [1.807, 2.05) is 0 Å². The molecule has 2 saturated carbocycles. The van der Waals surface area contributed by atoms with E-state index in [1.165, 1.54) is 83.6 Å². The fourth-order valence-electron chi connectivity index (χ4n) is 3.92. The molecular weight excluding hydrogens is 206 g/mol. The number of nitrogens with one attached hydrogen (secondary N) is 1. The van der Waals surface area contributed by atoms with Gasteiger partial charge in [-0.3, -0.25) is 0 Å². The first kappa shape index (κ1) is 13.4. The molecule has 0 aliphatic heterocycles. The van der Waals surface area contributed by atoms with Gasteiger partial charge in [-0.2, -0.15) is 0 Å². The smallest absolute Gasteiger partial charge is 0.00674 e. The molecular formula is C16H31N. The van der Waals surface area contributed by atoms with Gasteiger partial charge in [-0.15, -0.1) is 0 Å². The average Bonchev–Trinajstić information content (AvgIpc) is 2.80. The highest BCUT2D eigenvalue weighted by Gasteiger charge is 2.37. The Bertz CT molecular complexity index is 196. The Balaban J connectivity index is 1.56. The normalized spacial score (nSPS) is 24.5. The van der Waals surface area contributed by atoms with Crippen LogP contribution in [0.15, 0.2) is 0 Å². The number of rotatable bonds is 6. The van der Waals surface area contributed by atoms with E-state index in [0.717, 1.165) is 11.5 Å². The van der Waals surface area contributed by atoms with Crippen molar-refractivity contribution in [1.82, 2.24) is 5.32 Å². The maximum Gasteiger partial charge on any atom is 0.00674 e. The molecule has 0 saturated heterocycles. The zero-order valence-electron chi connectivity index (χ0n) is 11.8. The lowest BCUT2D eigenvalue weighted by Crippen LogP contribution is -2.37. The van der Waals surface area contributed by atoms with Gasteiger partial charge in [0.1, 0.15) is 0 Å². The minimum absolute atomic E-state index is 0.806. The predicted octanol–water partition coefficient (Wildman–Crippen LogP) is 4.66. The second kappa shape index (κ2) is 6.78. The molecule has 0 aromatic rings. The van der Waals surface area contributed by atoms with Crippen LogP contribution in [0, 0.1) is 5.41 Å². The highest BCUT2D eigenvalue weighted by Crippen LogP contribution is 2.48. The molecule has 2 aliphatic carbocycles. The first-order valence-corrected chi connectivity index (χ1v) is 8.08. The fourth-order valence-corrected chi connectivity index (χ4v) is 3.92. The summed E-state index contributed by atoms with van der Waals surface area (Å²) in [7, 11) is 0. The molecule has 2 rings (SSSR count). The first-order chi connectivity index (χ1) is 8.35. The average molecular weight is 237 g/mol. The highest BCUT2D eigenvalue weighted by molar-refractivity contribution is 4.91. The van der Waals surface area contributed by atoms with Gasteiger partial charge >= 0.3 is 0 Å². The summed E-state index contributed by atoms with van der Waals surface area (Å²) in [5, 5.41) is 3.79. The maximum absolute atomic E-state index is 3.79. The van der Waals surface area contributed by atoms with Crippen molar-refractivity contribution in [2.24, 2.45) is 5.41 Å². The molecule has 17 heavy (non-hydrogen) atoms. The molecule has 0 aromatic carbocycles. The highest BCUT2D eigenvalue weighted by atomic mass is 14.9. The standard InChI is InChI=1S/C16H31N/c1-2-3-4-7-14-17-15-8-12-16(13-9-15)10-5-6-11-16/h15,17H,2-14H2,1H3. The van der Waals surface area contributed by atoms with Gasteiger partial charge in [-0.05, 0) is 56.9 Å². The Morgan fingerprint density at radius 2 is 1.65 bits per heavy atom. The van der Waals surface area contributed by atoms with E-state index in [0.29, 0.717) is 0 Å². The predicted molar refractivity (Wildman–Crippen MR) is 75.3 cm³/mol. The van der Waals surface area contributed by atoms with Gasteiger partial charge in [0.15, 0.2) is 0 Å². The molecule has 0 amide bonds. The lowest BCUT2D eigenvalue weighted by Gasteiger charge is -2.37. The third-order valence-electron chi connectivity index (χ3n) is 5.17. The van der Waals surface area contributed by atoms with E-state index in [1.54, 1.807) is 0 Å². The molecule has 1 heteroatoms. The van der Waals surface area contributed by atoms with E-state index >= 15 is 0 Å². The monoisotopic (exact) mass is 237 g/mol. The van der Waals surface area contributed by atoms with Crippen LogP contribution >= 0.6 is 0 Å². The van der Waals surface area contributed by atoms with Gasteiger partial charge in [0.2, 0.25) is 0 Å². The van der Waals surface area contributed by atoms with Gasteiger partial charge < -0.3 is 5.32 Å². The van der Waals surface area contributed by atoms with Crippen molar-refractivity contribution in [2.75, 3.05) is 6.54 Å². The van der Waals surface area contributed by atoms with E-state index in [4.69, 9.17) is 0 Å². The third-order valence-corrected chi connectivity index (χ3v) is 5.17. The Labute approximate surface area is 108 Å². The number of hydrogen-bond donors (Lipinski definition) is 1. The van der Waals surface area contributed by atoms with Crippen molar-refractivity contribution >= 4 is 0 Å². The molecule has 0 heterocycles. The lowest BCUT2D eigenvalue weighted by atomic mass is 9.71. The summed E-state index contributed by atoms with van der Waals surface area (Å²) >= 11 is 0. The summed E-state index contributed by atoms with van der Waals surface area (Å²) in [6, 6.07) is 0.850. The Hall–Kier alpha value is -0.0400. The van der Waals surface area contributed by atoms with Gasteiger partial charge in [0.25, 0.3) is 0 Å². The summed E-state index contributed by atoms with van der Waals surface area (Å²) < 4.78 is 0. The van der Waals surface area contributed by atoms with Crippen molar-refractivity contribution < 1.29 is 0 Å². The van der Waals surface area contributed by atoms with Gasteiger partial charge in [-0.25, -0.2) is 0 Å². The molecule has 0 bridgehead atoms. The van der Waals surface area contributed by atoms with Gasteiger partial charge in [-0.1, -0.05) is 39.0 Å². The number of hydrogen-bond acceptors (Lipinski definition) is 1. The topological polar surface area (TPSA) is 12.0 Å². The van der Waals surface area contributed by atoms with Crippen molar-refractivity contribution in [3.63, 3.8) is 0 Å². The van der Waals surface area contributed by atoms with Crippen LogP contribution < -0.4 is 5.32 Å². The third kappa shape index (κ3) is 3.98. The quantitative estimate of drug-likeness (QED) is 0.663. The second-order valence-electron chi connectivity index (χ2n) is 6.50. The summed E-state index contributed by atoms with van der Waals surface area (Å²) in [4.78, 5) is 0. The van der Waals surface area contributed by atoms with Crippen molar-refractivity contribution in [2.45, 2.75) is 90.0 Å². The molecule has 0 atom stereocenters. The maximum atomic E-state index is 3.79. The van der Waals surface area contributed by atoms with Crippen molar-refractivity contribution in [1.29, 1.82) is 0 Å². The van der Waals surface area contributed by atoms with Crippen LogP contribution in [-0.2, 0) is 0 Å².